The molecule has 1 N–H and O–H groups in total. The molecule has 0 unspecified atom stereocenters. The van der Waals surface area contributed by atoms with Crippen molar-refractivity contribution in [2.75, 3.05) is 16.8 Å². The van der Waals surface area contributed by atoms with Crippen molar-refractivity contribution in [3.05, 3.63) is 87.1 Å². The predicted molar refractivity (Wildman–Crippen MR) is 145 cm³/mol. The van der Waals surface area contributed by atoms with Crippen LogP contribution >= 0.6 is 15.9 Å². The van der Waals surface area contributed by atoms with Gasteiger partial charge >= 0.3 is 6.61 Å². The largest absolute Gasteiger partial charge is 0.433 e. The van der Waals surface area contributed by atoms with Crippen LogP contribution in [-0.2, 0) is 0 Å². The zero-order chi connectivity index (χ0) is 27.6. The highest BCUT2D eigenvalue weighted by Gasteiger charge is 2.31. The van der Waals surface area contributed by atoms with Crippen LogP contribution in [0.25, 0.3) is 0 Å². The molecular weight excluding hydrogens is 561 g/mol. The summed E-state index contributed by atoms with van der Waals surface area (Å²) in [6.07, 6.45) is 1.87. The fourth-order valence-electron chi connectivity index (χ4n) is 4.03. The van der Waals surface area contributed by atoms with E-state index in [4.69, 9.17) is 0 Å². The molecule has 0 aliphatic heterocycles. The summed E-state index contributed by atoms with van der Waals surface area (Å²) < 4.78 is 47.1. The molecule has 3 aromatic rings. The minimum atomic E-state index is -3.12. The minimum absolute atomic E-state index is 0.00807. The highest BCUT2D eigenvalue weighted by molar-refractivity contribution is 9.10. The van der Waals surface area contributed by atoms with Crippen LogP contribution in [0.5, 0.6) is 5.75 Å². The van der Waals surface area contributed by atoms with Crippen molar-refractivity contribution in [3.8, 4) is 5.75 Å². The third-order valence-electron chi connectivity index (χ3n) is 6.39. The van der Waals surface area contributed by atoms with E-state index in [9.17, 15) is 18.4 Å². The number of nitrogens with one attached hydrogen (secondary N) is 1. The third kappa shape index (κ3) is 6.38. The molecule has 0 spiro atoms. The van der Waals surface area contributed by atoms with Gasteiger partial charge in [-0.3, -0.25) is 9.59 Å². The van der Waals surface area contributed by atoms with Crippen molar-refractivity contribution in [1.29, 1.82) is 0 Å². The Kier molecular flexibility index (Phi) is 8.45. The second-order valence-corrected chi connectivity index (χ2v) is 10.6. The van der Waals surface area contributed by atoms with Crippen LogP contribution in [0.3, 0.4) is 0 Å². The van der Waals surface area contributed by atoms with E-state index in [0.29, 0.717) is 22.1 Å². The first-order valence-corrected chi connectivity index (χ1v) is 13.1. The Morgan fingerprint density at radius 2 is 1.79 bits per heavy atom. The zero-order valence-electron chi connectivity index (χ0n) is 21.2. The van der Waals surface area contributed by atoms with Crippen LogP contribution in [0.4, 0.5) is 24.5 Å². The quantitative estimate of drug-likeness (QED) is 0.276. The van der Waals surface area contributed by atoms with Gasteiger partial charge in [-0.05, 0) is 89.5 Å². The number of nitrogens with zero attached hydrogens (tertiary/aromatic N) is 1. The maximum absolute atomic E-state index is 15.9. The fraction of sp³-hybridized carbons (Fsp3) is 0.310. The van der Waals surface area contributed by atoms with E-state index in [2.05, 4.69) is 26.0 Å². The van der Waals surface area contributed by atoms with Crippen LogP contribution < -0.4 is 15.0 Å². The zero-order valence-corrected chi connectivity index (χ0v) is 22.8. The Balaban J connectivity index is 1.68. The molecule has 0 saturated heterocycles. The lowest BCUT2D eigenvalue weighted by atomic mass is 10.0. The minimum Gasteiger partial charge on any atom is -0.433 e. The summed E-state index contributed by atoms with van der Waals surface area (Å²) in [4.78, 5) is 28.0. The molecule has 0 atom stereocenters. The molecule has 2 amide bonds. The molecule has 9 heteroatoms. The normalized spacial score (nSPS) is 13.1. The van der Waals surface area contributed by atoms with E-state index in [1.54, 1.807) is 18.2 Å². The number of alkyl halides is 2. The monoisotopic (exact) mass is 588 g/mol. The van der Waals surface area contributed by atoms with Crippen molar-refractivity contribution in [1.82, 2.24) is 0 Å². The molecule has 1 fully saturated rings. The van der Waals surface area contributed by atoms with Crippen LogP contribution in [0, 0.1) is 18.7 Å². The molecule has 0 bridgehead atoms. The van der Waals surface area contributed by atoms with Gasteiger partial charge in [0.15, 0.2) is 11.6 Å². The standard InChI is InChI=1S/C29H28BrF3N2O3/c1-16(2)20-13-22(30)26(24(14-20)38-29(32)33)34-27(36)21-5-4-6-23(25(21)31)35(15-18-9-10-18)28(37)19-11-7-17(3)8-12-19/h4-8,11-14,16,18,29H,9-10,15H2,1-3H3,(H,34,36). The Morgan fingerprint density at radius 3 is 2.39 bits per heavy atom. The van der Waals surface area contributed by atoms with Gasteiger partial charge in [0.25, 0.3) is 11.8 Å². The van der Waals surface area contributed by atoms with Crippen molar-refractivity contribution in [2.24, 2.45) is 5.92 Å². The van der Waals surface area contributed by atoms with Gasteiger partial charge in [0, 0.05) is 16.6 Å². The number of halogens is 4. The first kappa shape index (κ1) is 27.7. The molecule has 1 aliphatic carbocycles. The van der Waals surface area contributed by atoms with Gasteiger partial charge in [0.05, 0.1) is 16.9 Å². The average Bonchev–Trinajstić information content (AvgIpc) is 3.68. The number of hydrogen-bond acceptors (Lipinski definition) is 3. The van der Waals surface area contributed by atoms with E-state index in [-0.39, 0.29) is 40.4 Å². The molecule has 0 heterocycles. The number of benzene rings is 3. The smallest absolute Gasteiger partial charge is 0.387 e. The summed E-state index contributed by atoms with van der Waals surface area (Å²) in [5.74, 6) is -2.09. The van der Waals surface area contributed by atoms with Crippen molar-refractivity contribution in [2.45, 2.75) is 46.1 Å². The lowest BCUT2D eigenvalue weighted by Gasteiger charge is -2.24. The first-order valence-electron chi connectivity index (χ1n) is 12.3. The third-order valence-corrected chi connectivity index (χ3v) is 7.02. The fourth-order valence-corrected chi connectivity index (χ4v) is 4.59. The summed E-state index contributed by atoms with van der Waals surface area (Å²) in [5.41, 5.74) is 1.71. The summed E-state index contributed by atoms with van der Waals surface area (Å²) in [5, 5.41) is 2.51. The Morgan fingerprint density at radius 1 is 1.11 bits per heavy atom. The van der Waals surface area contributed by atoms with Crippen LogP contribution in [-0.4, -0.2) is 25.0 Å². The highest BCUT2D eigenvalue weighted by atomic mass is 79.9. The van der Waals surface area contributed by atoms with E-state index < -0.39 is 18.3 Å². The number of hydrogen-bond donors (Lipinski definition) is 1. The maximum atomic E-state index is 15.9. The number of rotatable bonds is 9. The van der Waals surface area contributed by atoms with Crippen molar-refractivity contribution < 1.29 is 27.5 Å². The molecule has 200 valence electrons. The molecular formula is C29H28BrF3N2O3. The number of carbonyl (C=O) groups is 2. The van der Waals surface area contributed by atoms with E-state index in [0.717, 1.165) is 18.4 Å². The van der Waals surface area contributed by atoms with Gasteiger partial charge in [0.1, 0.15) is 0 Å². The van der Waals surface area contributed by atoms with Crippen LogP contribution in [0.1, 0.15) is 64.4 Å². The second kappa shape index (κ2) is 11.6. The van der Waals surface area contributed by atoms with Crippen LogP contribution in [0.15, 0.2) is 59.1 Å². The number of carbonyl (C=O) groups excluding carboxylic acids is 2. The molecule has 1 saturated carbocycles. The molecule has 0 radical (unpaired) electrons. The average molecular weight is 589 g/mol. The molecule has 5 nitrogen and oxygen atoms in total. The topological polar surface area (TPSA) is 58.6 Å². The highest BCUT2D eigenvalue weighted by Crippen LogP contribution is 2.38. The summed E-state index contributed by atoms with van der Waals surface area (Å²) in [6, 6.07) is 14.3. The summed E-state index contributed by atoms with van der Waals surface area (Å²) in [6.45, 7) is 2.88. The molecule has 38 heavy (non-hydrogen) atoms. The van der Waals surface area contributed by atoms with E-state index >= 15 is 4.39 Å². The molecule has 3 aromatic carbocycles. The predicted octanol–water partition coefficient (Wildman–Crippen LogP) is 7.93. The van der Waals surface area contributed by atoms with Gasteiger partial charge in [-0.2, -0.15) is 8.78 Å². The molecule has 0 aromatic heterocycles. The summed E-state index contributed by atoms with van der Waals surface area (Å²) in [7, 11) is 0. The van der Waals surface area contributed by atoms with Gasteiger partial charge in [-0.15, -0.1) is 0 Å². The number of amides is 2. The molecule has 4 rings (SSSR count). The van der Waals surface area contributed by atoms with Gasteiger partial charge < -0.3 is 15.0 Å². The van der Waals surface area contributed by atoms with Gasteiger partial charge in [-0.1, -0.05) is 37.6 Å². The lowest BCUT2D eigenvalue weighted by molar-refractivity contribution is -0.0494. The first-order chi connectivity index (χ1) is 18.0. The Labute approximate surface area is 228 Å². The van der Waals surface area contributed by atoms with Gasteiger partial charge in [0.2, 0.25) is 0 Å². The van der Waals surface area contributed by atoms with Gasteiger partial charge in [-0.25, -0.2) is 4.39 Å². The molecule has 1 aliphatic rings. The van der Waals surface area contributed by atoms with Crippen molar-refractivity contribution >= 4 is 39.1 Å². The van der Waals surface area contributed by atoms with Crippen LogP contribution in [0.2, 0.25) is 0 Å². The Hall–Kier alpha value is -3.33. The SMILES string of the molecule is Cc1ccc(C(=O)N(CC2CC2)c2cccc(C(=O)Nc3c(Br)cc(C(C)C)cc3OC(F)F)c2F)cc1. The Bertz CT molecular complexity index is 1340. The number of anilines is 2. The second-order valence-electron chi connectivity index (χ2n) is 9.73. The number of ether oxygens (including phenoxy) is 1. The summed E-state index contributed by atoms with van der Waals surface area (Å²) >= 11 is 3.31. The number of aryl methyl sites for hydroxylation is 1. The van der Waals surface area contributed by atoms with Crippen molar-refractivity contribution in [3.63, 3.8) is 0 Å². The maximum Gasteiger partial charge on any atom is 0.387 e. The lowest BCUT2D eigenvalue weighted by Crippen LogP contribution is -2.34. The van der Waals surface area contributed by atoms with E-state index in [1.807, 2.05) is 32.9 Å². The van der Waals surface area contributed by atoms with E-state index in [1.165, 1.54) is 29.2 Å².